The van der Waals surface area contributed by atoms with E-state index in [9.17, 15) is 0 Å². The molecule has 1 aliphatic rings. The Kier molecular flexibility index (Phi) is 5.46. The lowest BCUT2D eigenvalue weighted by atomic mass is 9.85. The number of nitrogens with zero attached hydrogens (tertiary/aromatic N) is 2. The van der Waals surface area contributed by atoms with Gasteiger partial charge in [-0.05, 0) is 58.4 Å². The Morgan fingerprint density at radius 1 is 1.08 bits per heavy atom. The predicted molar refractivity (Wildman–Crippen MR) is 106 cm³/mol. The summed E-state index contributed by atoms with van der Waals surface area (Å²) in [5, 5.41) is 9.05. The van der Waals surface area contributed by atoms with Crippen LogP contribution in [0, 0.1) is 17.2 Å². The van der Waals surface area contributed by atoms with Gasteiger partial charge in [0, 0.05) is 6.21 Å². The monoisotopic (exact) mass is 328 g/mol. The summed E-state index contributed by atoms with van der Waals surface area (Å²) in [7, 11) is 0. The lowest BCUT2D eigenvalue weighted by molar-refractivity contribution is 0.490. The maximum Gasteiger partial charge on any atom is 0.0991 e. The van der Waals surface area contributed by atoms with Crippen molar-refractivity contribution in [3.8, 4) is 17.2 Å². The zero-order valence-corrected chi connectivity index (χ0v) is 15.0. The van der Waals surface area contributed by atoms with Crippen LogP contribution in [0.15, 0.2) is 53.5 Å². The zero-order valence-electron chi connectivity index (χ0n) is 15.0. The van der Waals surface area contributed by atoms with E-state index in [1.165, 1.54) is 35.1 Å². The van der Waals surface area contributed by atoms with Crippen LogP contribution in [0.1, 0.15) is 43.4 Å². The second-order valence-corrected chi connectivity index (χ2v) is 6.60. The first-order valence-corrected chi connectivity index (χ1v) is 9.08. The normalized spacial score (nSPS) is 13.1. The predicted octanol–water partition coefficient (Wildman–Crippen LogP) is 5.67. The van der Waals surface area contributed by atoms with Gasteiger partial charge in [-0.25, -0.2) is 0 Å². The molecular weight excluding hydrogens is 304 g/mol. The Morgan fingerprint density at radius 3 is 2.44 bits per heavy atom. The molecule has 126 valence electrons. The highest BCUT2D eigenvalue weighted by Gasteiger charge is 2.17. The molecule has 1 aliphatic heterocycles. The number of aliphatic imine (C=N–C) groups is 1. The third-order valence-electron chi connectivity index (χ3n) is 5.10. The Labute approximate surface area is 150 Å². The van der Waals surface area contributed by atoms with Crippen molar-refractivity contribution in [1.82, 2.24) is 0 Å². The molecular formula is C23H24N2. The molecule has 0 amide bonds. The molecule has 0 spiro atoms. The molecule has 0 saturated carbocycles. The van der Waals surface area contributed by atoms with E-state index in [-0.39, 0.29) is 0 Å². The summed E-state index contributed by atoms with van der Waals surface area (Å²) in [4.78, 5) is 4.40. The molecule has 2 aromatic carbocycles. The minimum atomic E-state index is 0.696. The summed E-state index contributed by atoms with van der Waals surface area (Å²) in [6, 6.07) is 16.7. The number of hydrogen-bond donors (Lipinski definition) is 0. The van der Waals surface area contributed by atoms with Gasteiger partial charge in [0.2, 0.25) is 0 Å². The molecule has 0 unspecified atom stereocenters. The van der Waals surface area contributed by atoms with Gasteiger partial charge in [-0.1, -0.05) is 57.0 Å². The molecule has 0 radical (unpaired) electrons. The topological polar surface area (TPSA) is 36.1 Å². The maximum atomic E-state index is 9.05. The molecule has 0 aromatic heterocycles. The van der Waals surface area contributed by atoms with Crippen LogP contribution < -0.4 is 0 Å². The fraction of sp³-hybridized carbons (Fsp3) is 0.304. The lowest BCUT2D eigenvalue weighted by Gasteiger charge is -2.19. The first kappa shape index (κ1) is 17.2. The molecule has 2 aromatic rings. The second-order valence-electron chi connectivity index (χ2n) is 6.60. The first-order valence-electron chi connectivity index (χ1n) is 9.08. The molecule has 0 aliphatic carbocycles. The third-order valence-corrected chi connectivity index (χ3v) is 5.10. The SMILES string of the molecule is CCC(CC)Cc1cccc(-c2ccc(C#N)cc2)c1C1=CC=NC1. The smallest absolute Gasteiger partial charge is 0.0991 e. The van der Waals surface area contributed by atoms with Gasteiger partial charge >= 0.3 is 0 Å². The van der Waals surface area contributed by atoms with Gasteiger partial charge in [0.25, 0.3) is 0 Å². The summed E-state index contributed by atoms with van der Waals surface area (Å²) in [5.74, 6) is 0.706. The summed E-state index contributed by atoms with van der Waals surface area (Å²) < 4.78 is 0. The number of allylic oxidation sites excluding steroid dienone is 1. The summed E-state index contributed by atoms with van der Waals surface area (Å²) >= 11 is 0. The Balaban J connectivity index is 2.09. The standard InChI is InChI=1S/C23H24N2/c1-3-17(4-2)14-20-6-5-7-22(23(20)21-12-13-25-16-21)19-10-8-18(15-24)9-11-19/h5-13,17H,3-4,14,16H2,1-2H3. The van der Waals surface area contributed by atoms with E-state index in [0.29, 0.717) is 11.5 Å². The highest BCUT2D eigenvalue weighted by atomic mass is 14.7. The van der Waals surface area contributed by atoms with Gasteiger partial charge in [-0.3, -0.25) is 4.99 Å². The molecule has 3 rings (SSSR count). The van der Waals surface area contributed by atoms with Gasteiger partial charge in [0.05, 0.1) is 18.2 Å². The highest BCUT2D eigenvalue weighted by Crippen LogP contribution is 2.35. The van der Waals surface area contributed by atoms with E-state index in [4.69, 9.17) is 5.26 Å². The van der Waals surface area contributed by atoms with Gasteiger partial charge in [0.1, 0.15) is 0 Å². The second kappa shape index (κ2) is 7.94. The van der Waals surface area contributed by atoms with Crippen molar-refractivity contribution in [2.45, 2.75) is 33.1 Å². The van der Waals surface area contributed by atoms with Crippen molar-refractivity contribution >= 4 is 11.8 Å². The Morgan fingerprint density at radius 2 is 1.84 bits per heavy atom. The largest absolute Gasteiger partial charge is 0.288 e. The van der Waals surface area contributed by atoms with E-state index >= 15 is 0 Å². The Bertz CT molecular complexity index is 831. The fourth-order valence-corrected chi connectivity index (χ4v) is 3.51. The van der Waals surface area contributed by atoms with Crippen LogP contribution >= 0.6 is 0 Å². The number of benzene rings is 2. The molecule has 2 nitrogen and oxygen atoms in total. The van der Waals surface area contributed by atoms with Crippen LogP contribution in [0.3, 0.4) is 0 Å². The van der Waals surface area contributed by atoms with Crippen LogP contribution in [-0.4, -0.2) is 12.8 Å². The quantitative estimate of drug-likeness (QED) is 0.673. The van der Waals surface area contributed by atoms with Crippen LogP contribution in [0.4, 0.5) is 0 Å². The van der Waals surface area contributed by atoms with Crippen LogP contribution in [0.2, 0.25) is 0 Å². The third kappa shape index (κ3) is 3.72. The number of hydrogen-bond acceptors (Lipinski definition) is 2. The highest BCUT2D eigenvalue weighted by molar-refractivity contribution is 5.94. The van der Waals surface area contributed by atoms with Crippen molar-refractivity contribution in [3.63, 3.8) is 0 Å². The van der Waals surface area contributed by atoms with Crippen LogP contribution in [0.5, 0.6) is 0 Å². The van der Waals surface area contributed by atoms with Gasteiger partial charge < -0.3 is 0 Å². The molecule has 0 atom stereocenters. The minimum absolute atomic E-state index is 0.696. The first-order chi connectivity index (χ1) is 12.3. The lowest BCUT2D eigenvalue weighted by Crippen LogP contribution is -2.06. The molecule has 0 N–H and O–H groups in total. The molecule has 0 bridgehead atoms. The molecule has 2 heteroatoms. The van der Waals surface area contributed by atoms with Crippen LogP contribution in [-0.2, 0) is 6.42 Å². The number of nitriles is 1. The van der Waals surface area contributed by atoms with Crippen molar-refractivity contribution < 1.29 is 0 Å². The van der Waals surface area contributed by atoms with E-state index in [1.54, 1.807) is 0 Å². The van der Waals surface area contributed by atoms with Gasteiger partial charge in [-0.2, -0.15) is 5.26 Å². The van der Waals surface area contributed by atoms with E-state index in [1.807, 2.05) is 18.3 Å². The van der Waals surface area contributed by atoms with E-state index in [0.717, 1.165) is 18.5 Å². The average Bonchev–Trinajstić information content (AvgIpc) is 3.20. The molecule has 25 heavy (non-hydrogen) atoms. The fourth-order valence-electron chi connectivity index (χ4n) is 3.51. The van der Waals surface area contributed by atoms with Crippen molar-refractivity contribution in [1.29, 1.82) is 5.26 Å². The van der Waals surface area contributed by atoms with E-state index < -0.39 is 0 Å². The Hall–Kier alpha value is -2.66. The van der Waals surface area contributed by atoms with Crippen molar-refractivity contribution in [2.24, 2.45) is 10.9 Å². The summed E-state index contributed by atoms with van der Waals surface area (Å²) in [5.41, 5.74) is 7.13. The van der Waals surface area contributed by atoms with Crippen LogP contribution in [0.25, 0.3) is 16.7 Å². The minimum Gasteiger partial charge on any atom is -0.288 e. The van der Waals surface area contributed by atoms with Crippen molar-refractivity contribution in [3.05, 3.63) is 65.2 Å². The number of rotatable bonds is 6. The summed E-state index contributed by atoms with van der Waals surface area (Å²) in [6.45, 7) is 5.30. The zero-order chi connectivity index (χ0) is 17.6. The molecule has 0 saturated heterocycles. The van der Waals surface area contributed by atoms with Gasteiger partial charge in [0.15, 0.2) is 0 Å². The van der Waals surface area contributed by atoms with Gasteiger partial charge in [-0.15, -0.1) is 0 Å². The summed E-state index contributed by atoms with van der Waals surface area (Å²) in [6.07, 6.45) is 7.55. The molecule has 0 fully saturated rings. The maximum absolute atomic E-state index is 9.05. The van der Waals surface area contributed by atoms with E-state index in [2.05, 4.69) is 61.3 Å². The average molecular weight is 328 g/mol. The van der Waals surface area contributed by atoms with Crippen molar-refractivity contribution in [2.75, 3.05) is 6.54 Å². The molecule has 1 heterocycles.